The normalized spacial score (nSPS) is 11.0. The van der Waals surface area contributed by atoms with E-state index in [9.17, 15) is 4.79 Å². The number of benzene rings is 2. The molecule has 0 spiro atoms. The van der Waals surface area contributed by atoms with Crippen LogP contribution in [-0.4, -0.2) is 38.8 Å². The van der Waals surface area contributed by atoms with Crippen molar-refractivity contribution in [2.24, 2.45) is 0 Å². The summed E-state index contributed by atoms with van der Waals surface area (Å²) >= 11 is 3.24. The van der Waals surface area contributed by atoms with Gasteiger partial charge in [0.05, 0.1) is 41.3 Å². The van der Waals surface area contributed by atoms with E-state index in [0.717, 1.165) is 30.9 Å². The average Bonchev–Trinajstić information content (AvgIpc) is 3.41. The molecule has 0 aliphatic rings. The van der Waals surface area contributed by atoms with Gasteiger partial charge in [0.1, 0.15) is 5.75 Å². The Kier molecular flexibility index (Phi) is 6.15. The summed E-state index contributed by atoms with van der Waals surface area (Å²) < 4.78 is 24.0. The molecule has 1 amide bonds. The Morgan fingerprint density at radius 2 is 1.81 bits per heavy atom. The largest absolute Gasteiger partial charge is 0.493 e. The Labute approximate surface area is 187 Å². The zero-order chi connectivity index (χ0) is 22.0. The van der Waals surface area contributed by atoms with Gasteiger partial charge < -0.3 is 24.3 Å². The van der Waals surface area contributed by atoms with Crippen molar-refractivity contribution in [2.75, 3.05) is 27.9 Å². The average molecular weight is 459 g/mol. The fourth-order valence-electron chi connectivity index (χ4n) is 3.34. The minimum absolute atomic E-state index is 0.0847. The summed E-state index contributed by atoms with van der Waals surface area (Å²) in [5, 5.41) is 6.86. The van der Waals surface area contributed by atoms with Crippen molar-refractivity contribution in [1.82, 2.24) is 10.3 Å². The number of thiazole rings is 1. The summed E-state index contributed by atoms with van der Waals surface area (Å²) in [6.07, 6.45) is 0. The summed E-state index contributed by atoms with van der Waals surface area (Å²) in [5.74, 6) is 2.05. The summed E-state index contributed by atoms with van der Waals surface area (Å²) in [6, 6.07) is 7.56. The second-order valence-corrected chi connectivity index (χ2v) is 8.87. The molecule has 162 valence electrons. The number of nitrogens with zero attached hydrogens (tertiary/aromatic N) is 1. The van der Waals surface area contributed by atoms with E-state index in [4.69, 9.17) is 18.9 Å². The summed E-state index contributed by atoms with van der Waals surface area (Å²) in [6.45, 7) is 2.21. The van der Waals surface area contributed by atoms with Gasteiger partial charge in [-0.3, -0.25) is 4.79 Å². The van der Waals surface area contributed by atoms with Crippen LogP contribution in [0.4, 0.5) is 0 Å². The summed E-state index contributed by atoms with van der Waals surface area (Å²) in [4.78, 5) is 17.1. The molecule has 31 heavy (non-hydrogen) atoms. The molecule has 0 atom stereocenters. The van der Waals surface area contributed by atoms with Gasteiger partial charge in [-0.1, -0.05) is 0 Å². The topological polar surface area (TPSA) is 78.9 Å². The first-order valence-electron chi connectivity index (χ1n) is 9.49. The maximum absolute atomic E-state index is 12.4. The molecule has 0 fully saturated rings. The molecule has 0 saturated carbocycles. The standard InChI is InChI=1S/C22H22N2O5S2/c1-12-24-20-18(31-12)9-15(14-5-6-30-22(14)20)29-11-19(25)23-10-13-7-16(26-2)21(28-4)17(8-13)27-3/h5-9H,10-11H2,1-4H3,(H,23,25). The molecule has 0 aliphatic heterocycles. The molecule has 4 aromatic rings. The predicted molar refractivity (Wildman–Crippen MR) is 123 cm³/mol. The molecule has 0 saturated heterocycles. The number of amides is 1. The van der Waals surface area contributed by atoms with Crippen LogP contribution < -0.4 is 24.3 Å². The third-order valence-electron chi connectivity index (χ3n) is 4.74. The number of hydrogen-bond donors (Lipinski definition) is 1. The van der Waals surface area contributed by atoms with Crippen LogP contribution in [0.3, 0.4) is 0 Å². The number of thiophene rings is 1. The Bertz CT molecular complexity index is 1220. The molecule has 7 nitrogen and oxygen atoms in total. The van der Waals surface area contributed by atoms with Gasteiger partial charge in [-0.25, -0.2) is 4.98 Å². The van der Waals surface area contributed by atoms with Crippen molar-refractivity contribution in [1.29, 1.82) is 0 Å². The molecule has 0 aliphatic carbocycles. The Balaban J connectivity index is 1.45. The summed E-state index contributed by atoms with van der Waals surface area (Å²) in [7, 11) is 4.66. The number of rotatable bonds is 8. The van der Waals surface area contributed by atoms with E-state index in [2.05, 4.69) is 10.3 Å². The highest BCUT2D eigenvalue weighted by Crippen LogP contribution is 2.39. The van der Waals surface area contributed by atoms with E-state index in [1.54, 1.807) is 56.1 Å². The minimum Gasteiger partial charge on any atom is -0.493 e. The lowest BCUT2D eigenvalue weighted by atomic mass is 10.1. The van der Waals surface area contributed by atoms with E-state index in [-0.39, 0.29) is 12.5 Å². The Morgan fingerprint density at radius 3 is 2.48 bits per heavy atom. The van der Waals surface area contributed by atoms with Crippen molar-refractivity contribution in [2.45, 2.75) is 13.5 Å². The van der Waals surface area contributed by atoms with Gasteiger partial charge in [-0.2, -0.15) is 0 Å². The van der Waals surface area contributed by atoms with Crippen LogP contribution in [0.15, 0.2) is 29.6 Å². The maximum atomic E-state index is 12.4. The van der Waals surface area contributed by atoms with E-state index in [0.29, 0.717) is 29.5 Å². The van der Waals surface area contributed by atoms with Crippen LogP contribution in [0.2, 0.25) is 0 Å². The minimum atomic E-state index is -0.224. The van der Waals surface area contributed by atoms with Gasteiger partial charge in [-0.05, 0) is 36.1 Å². The molecule has 0 unspecified atom stereocenters. The molecular formula is C22H22N2O5S2. The van der Waals surface area contributed by atoms with Crippen LogP contribution in [0.1, 0.15) is 10.6 Å². The van der Waals surface area contributed by atoms with E-state index in [1.807, 2.05) is 24.4 Å². The number of carbonyl (C=O) groups excluding carboxylic acids is 1. The number of nitrogens with one attached hydrogen (secondary N) is 1. The Hall–Kier alpha value is -3.04. The van der Waals surface area contributed by atoms with Crippen molar-refractivity contribution in [3.63, 3.8) is 0 Å². The zero-order valence-corrected chi connectivity index (χ0v) is 19.2. The van der Waals surface area contributed by atoms with Gasteiger partial charge in [0.2, 0.25) is 5.75 Å². The highest BCUT2D eigenvalue weighted by atomic mass is 32.1. The fourth-order valence-corrected chi connectivity index (χ4v) is 5.17. The molecule has 2 aromatic carbocycles. The second-order valence-electron chi connectivity index (χ2n) is 6.72. The number of carbonyl (C=O) groups is 1. The lowest BCUT2D eigenvalue weighted by Crippen LogP contribution is -2.28. The maximum Gasteiger partial charge on any atom is 0.258 e. The lowest BCUT2D eigenvalue weighted by Gasteiger charge is -2.14. The van der Waals surface area contributed by atoms with Crippen LogP contribution in [0.25, 0.3) is 20.3 Å². The first-order valence-corrected chi connectivity index (χ1v) is 11.2. The number of aryl methyl sites for hydroxylation is 1. The number of methoxy groups -OCH3 is 3. The van der Waals surface area contributed by atoms with Gasteiger partial charge in [0.25, 0.3) is 5.91 Å². The molecule has 2 aromatic heterocycles. The second kappa shape index (κ2) is 8.99. The molecule has 1 N–H and O–H groups in total. The number of fused-ring (bicyclic) bond motifs is 3. The van der Waals surface area contributed by atoms with Crippen molar-refractivity contribution in [3.05, 3.63) is 40.2 Å². The van der Waals surface area contributed by atoms with Crippen LogP contribution in [0.5, 0.6) is 23.0 Å². The quantitative estimate of drug-likeness (QED) is 0.418. The van der Waals surface area contributed by atoms with Gasteiger partial charge in [-0.15, -0.1) is 22.7 Å². The molecule has 2 heterocycles. The first-order chi connectivity index (χ1) is 15.0. The molecule has 0 radical (unpaired) electrons. The highest BCUT2D eigenvalue weighted by molar-refractivity contribution is 7.21. The van der Waals surface area contributed by atoms with Gasteiger partial charge in [0.15, 0.2) is 18.1 Å². The Morgan fingerprint density at radius 1 is 1.06 bits per heavy atom. The van der Waals surface area contributed by atoms with Crippen LogP contribution in [0, 0.1) is 6.92 Å². The predicted octanol–water partition coefficient (Wildman–Crippen LogP) is 4.54. The number of ether oxygens (including phenoxy) is 4. The van der Waals surface area contributed by atoms with E-state index >= 15 is 0 Å². The molecule has 4 rings (SSSR count). The summed E-state index contributed by atoms with van der Waals surface area (Å²) in [5.41, 5.74) is 1.82. The van der Waals surface area contributed by atoms with E-state index < -0.39 is 0 Å². The number of hydrogen-bond acceptors (Lipinski definition) is 8. The van der Waals surface area contributed by atoms with Gasteiger partial charge >= 0.3 is 0 Å². The monoisotopic (exact) mass is 458 g/mol. The van der Waals surface area contributed by atoms with Crippen LogP contribution >= 0.6 is 22.7 Å². The molecule has 9 heteroatoms. The molecule has 0 bridgehead atoms. The third-order valence-corrected chi connectivity index (χ3v) is 6.58. The fraction of sp³-hybridized carbons (Fsp3) is 0.273. The SMILES string of the molecule is COc1cc(CNC(=O)COc2cc3sc(C)nc3c3sccc23)cc(OC)c1OC. The zero-order valence-electron chi connectivity index (χ0n) is 17.6. The smallest absolute Gasteiger partial charge is 0.258 e. The lowest BCUT2D eigenvalue weighted by molar-refractivity contribution is -0.123. The van der Waals surface area contributed by atoms with Gasteiger partial charge in [0, 0.05) is 18.0 Å². The third kappa shape index (κ3) is 4.24. The molecular weight excluding hydrogens is 436 g/mol. The van der Waals surface area contributed by atoms with Crippen molar-refractivity contribution < 1.29 is 23.7 Å². The van der Waals surface area contributed by atoms with Crippen molar-refractivity contribution >= 4 is 48.9 Å². The highest BCUT2D eigenvalue weighted by Gasteiger charge is 2.15. The van der Waals surface area contributed by atoms with E-state index in [1.165, 1.54) is 0 Å². The van der Waals surface area contributed by atoms with Crippen LogP contribution in [-0.2, 0) is 11.3 Å². The van der Waals surface area contributed by atoms with Crippen molar-refractivity contribution in [3.8, 4) is 23.0 Å². The number of aromatic nitrogens is 1. The first kappa shape index (κ1) is 21.2.